The number of carboxylic acids is 1. The van der Waals surface area contributed by atoms with Crippen LogP contribution in [0.2, 0.25) is 0 Å². The van der Waals surface area contributed by atoms with Crippen LogP contribution in [0, 0.1) is 0 Å². The molecule has 82 valence electrons. The van der Waals surface area contributed by atoms with Gasteiger partial charge in [0.1, 0.15) is 11.8 Å². The van der Waals surface area contributed by atoms with E-state index in [0.717, 1.165) is 0 Å². The average molecular weight is 202 g/mol. The highest BCUT2D eigenvalue weighted by Crippen LogP contribution is 2.04. The SMILES string of the molecule is CNC(CCCC(N)C(=O)O)C(C)=O. The molecule has 14 heavy (non-hydrogen) atoms. The standard InChI is InChI=1S/C9H18N2O3/c1-6(12)8(11-2)5-3-4-7(10)9(13)14/h7-8,11H,3-5,10H2,1-2H3,(H,13,14). The Kier molecular flexibility index (Phi) is 6.07. The number of aliphatic carboxylic acids is 1. The van der Waals surface area contributed by atoms with Gasteiger partial charge in [-0.1, -0.05) is 0 Å². The van der Waals surface area contributed by atoms with Crippen LogP contribution in [0.25, 0.3) is 0 Å². The van der Waals surface area contributed by atoms with Crippen molar-refractivity contribution >= 4 is 11.8 Å². The minimum Gasteiger partial charge on any atom is -0.480 e. The summed E-state index contributed by atoms with van der Waals surface area (Å²) in [5.41, 5.74) is 5.32. The van der Waals surface area contributed by atoms with Gasteiger partial charge in [-0.2, -0.15) is 0 Å². The van der Waals surface area contributed by atoms with Crippen molar-refractivity contribution in [3.63, 3.8) is 0 Å². The maximum Gasteiger partial charge on any atom is 0.320 e. The van der Waals surface area contributed by atoms with Crippen molar-refractivity contribution in [3.05, 3.63) is 0 Å². The first-order valence-electron chi connectivity index (χ1n) is 4.65. The van der Waals surface area contributed by atoms with E-state index in [1.807, 2.05) is 0 Å². The molecular weight excluding hydrogens is 184 g/mol. The predicted molar refractivity (Wildman–Crippen MR) is 53.0 cm³/mol. The summed E-state index contributed by atoms with van der Waals surface area (Å²) in [6.07, 6.45) is 1.67. The van der Waals surface area contributed by atoms with E-state index in [4.69, 9.17) is 10.8 Å². The quantitative estimate of drug-likeness (QED) is 0.529. The molecule has 5 heteroatoms. The van der Waals surface area contributed by atoms with Crippen LogP contribution >= 0.6 is 0 Å². The van der Waals surface area contributed by atoms with Gasteiger partial charge in [0.15, 0.2) is 0 Å². The maximum atomic E-state index is 11.0. The summed E-state index contributed by atoms with van der Waals surface area (Å²) >= 11 is 0. The van der Waals surface area contributed by atoms with Crippen LogP contribution in [0.5, 0.6) is 0 Å². The fraction of sp³-hybridized carbons (Fsp3) is 0.778. The van der Waals surface area contributed by atoms with Crippen LogP contribution in [0.1, 0.15) is 26.2 Å². The van der Waals surface area contributed by atoms with Crippen LogP contribution in [-0.4, -0.2) is 36.0 Å². The van der Waals surface area contributed by atoms with Crippen molar-refractivity contribution in [1.29, 1.82) is 0 Å². The number of carbonyl (C=O) groups excluding carboxylic acids is 1. The third kappa shape index (κ3) is 4.94. The van der Waals surface area contributed by atoms with Crippen LogP contribution in [0.15, 0.2) is 0 Å². The number of nitrogens with one attached hydrogen (secondary N) is 1. The van der Waals surface area contributed by atoms with E-state index in [2.05, 4.69) is 5.32 Å². The number of carbonyl (C=O) groups is 2. The molecule has 0 bridgehead atoms. The predicted octanol–water partition coefficient (Wildman–Crippen LogP) is -0.254. The van der Waals surface area contributed by atoms with Gasteiger partial charge in [0.2, 0.25) is 0 Å². The first kappa shape index (κ1) is 13.1. The van der Waals surface area contributed by atoms with Crippen molar-refractivity contribution in [2.75, 3.05) is 7.05 Å². The lowest BCUT2D eigenvalue weighted by Crippen LogP contribution is -2.34. The summed E-state index contributed by atoms with van der Waals surface area (Å²) in [4.78, 5) is 21.3. The zero-order valence-corrected chi connectivity index (χ0v) is 8.62. The Morgan fingerprint density at radius 2 is 2.00 bits per heavy atom. The lowest BCUT2D eigenvalue weighted by molar-refractivity contribution is -0.138. The Hall–Kier alpha value is -0.940. The lowest BCUT2D eigenvalue weighted by atomic mass is 10.0. The summed E-state index contributed by atoms with van der Waals surface area (Å²) in [6, 6.07) is -1.00. The molecule has 0 saturated heterocycles. The molecule has 2 unspecified atom stereocenters. The van der Waals surface area contributed by atoms with Gasteiger partial charge < -0.3 is 16.2 Å². The van der Waals surface area contributed by atoms with Crippen LogP contribution < -0.4 is 11.1 Å². The maximum absolute atomic E-state index is 11.0. The van der Waals surface area contributed by atoms with Gasteiger partial charge in [-0.05, 0) is 33.2 Å². The number of rotatable bonds is 7. The van der Waals surface area contributed by atoms with Gasteiger partial charge in [0.25, 0.3) is 0 Å². The smallest absolute Gasteiger partial charge is 0.320 e. The zero-order valence-electron chi connectivity index (χ0n) is 8.62. The fourth-order valence-corrected chi connectivity index (χ4v) is 1.22. The third-order valence-corrected chi connectivity index (χ3v) is 2.16. The van der Waals surface area contributed by atoms with Crippen molar-refractivity contribution in [3.8, 4) is 0 Å². The fourth-order valence-electron chi connectivity index (χ4n) is 1.22. The summed E-state index contributed by atoms with van der Waals surface area (Å²) < 4.78 is 0. The van der Waals surface area contributed by atoms with E-state index in [0.29, 0.717) is 19.3 Å². The monoisotopic (exact) mass is 202 g/mol. The Bertz CT molecular complexity index is 206. The van der Waals surface area contributed by atoms with Crippen molar-refractivity contribution in [2.45, 2.75) is 38.3 Å². The molecule has 0 saturated carbocycles. The van der Waals surface area contributed by atoms with E-state index in [-0.39, 0.29) is 11.8 Å². The molecule has 0 fully saturated rings. The second-order valence-electron chi connectivity index (χ2n) is 3.33. The third-order valence-electron chi connectivity index (χ3n) is 2.16. The number of ketones is 1. The molecule has 0 aromatic heterocycles. The Morgan fingerprint density at radius 1 is 1.43 bits per heavy atom. The number of carboxylic acid groups (broad SMARTS) is 1. The molecule has 0 aliphatic heterocycles. The van der Waals surface area contributed by atoms with Gasteiger partial charge in [0, 0.05) is 0 Å². The van der Waals surface area contributed by atoms with Gasteiger partial charge >= 0.3 is 5.97 Å². The van der Waals surface area contributed by atoms with Gasteiger partial charge in [-0.15, -0.1) is 0 Å². The number of hydrogen-bond donors (Lipinski definition) is 3. The molecule has 5 nitrogen and oxygen atoms in total. The molecule has 2 atom stereocenters. The number of nitrogens with two attached hydrogens (primary N) is 1. The molecule has 0 rings (SSSR count). The highest BCUT2D eigenvalue weighted by Gasteiger charge is 2.14. The molecule has 4 N–H and O–H groups in total. The van der Waals surface area contributed by atoms with Gasteiger partial charge in [-0.3, -0.25) is 9.59 Å². The van der Waals surface area contributed by atoms with Crippen molar-refractivity contribution in [1.82, 2.24) is 5.32 Å². The van der Waals surface area contributed by atoms with E-state index in [1.165, 1.54) is 6.92 Å². The summed E-state index contributed by atoms with van der Waals surface area (Å²) in [6.45, 7) is 1.51. The number of Topliss-reactive ketones (excluding diaryl/α,β-unsaturated/α-hetero) is 1. The zero-order chi connectivity index (χ0) is 11.1. The first-order chi connectivity index (χ1) is 6.49. The average Bonchev–Trinajstić information content (AvgIpc) is 2.11. The minimum absolute atomic E-state index is 0.0661. The molecule has 0 aromatic carbocycles. The molecule has 0 amide bonds. The molecule has 0 aliphatic carbocycles. The normalized spacial score (nSPS) is 14.8. The molecule has 0 aromatic rings. The molecule has 0 spiro atoms. The number of likely N-dealkylation sites (N-methyl/N-ethyl adjacent to an activating group) is 1. The highest BCUT2D eigenvalue weighted by atomic mass is 16.4. The summed E-state index contributed by atoms with van der Waals surface area (Å²) in [7, 11) is 1.71. The summed E-state index contributed by atoms with van der Waals surface area (Å²) in [5, 5.41) is 11.4. The topological polar surface area (TPSA) is 92.4 Å². The molecule has 0 heterocycles. The Balaban J connectivity index is 3.71. The summed E-state index contributed by atoms with van der Waals surface area (Å²) in [5.74, 6) is -0.926. The van der Waals surface area contributed by atoms with Crippen LogP contribution in [0.4, 0.5) is 0 Å². The molecule has 0 aliphatic rings. The van der Waals surface area contributed by atoms with E-state index in [1.54, 1.807) is 7.05 Å². The van der Waals surface area contributed by atoms with Gasteiger partial charge in [0.05, 0.1) is 6.04 Å². The molecular formula is C9H18N2O3. The Morgan fingerprint density at radius 3 is 2.36 bits per heavy atom. The van der Waals surface area contributed by atoms with E-state index in [9.17, 15) is 9.59 Å². The van der Waals surface area contributed by atoms with Gasteiger partial charge in [-0.25, -0.2) is 0 Å². The van der Waals surface area contributed by atoms with Crippen molar-refractivity contribution in [2.24, 2.45) is 5.73 Å². The highest BCUT2D eigenvalue weighted by molar-refractivity contribution is 5.81. The largest absolute Gasteiger partial charge is 0.480 e. The second kappa shape index (κ2) is 6.50. The Labute approximate surface area is 83.7 Å². The minimum atomic E-state index is -0.992. The van der Waals surface area contributed by atoms with Crippen molar-refractivity contribution < 1.29 is 14.7 Å². The van der Waals surface area contributed by atoms with E-state index >= 15 is 0 Å². The first-order valence-corrected chi connectivity index (χ1v) is 4.65. The van der Waals surface area contributed by atoms with Crippen LogP contribution in [-0.2, 0) is 9.59 Å². The molecule has 0 radical (unpaired) electrons. The van der Waals surface area contributed by atoms with Crippen LogP contribution in [0.3, 0.4) is 0 Å². The second-order valence-corrected chi connectivity index (χ2v) is 3.33. The van der Waals surface area contributed by atoms with E-state index < -0.39 is 12.0 Å². The number of hydrogen-bond acceptors (Lipinski definition) is 4. The lowest BCUT2D eigenvalue weighted by Gasteiger charge is -2.13.